The molecule has 0 saturated heterocycles. The molecule has 2 aromatic carbocycles. The highest BCUT2D eigenvalue weighted by Crippen LogP contribution is 2.43. The van der Waals surface area contributed by atoms with Crippen LogP contribution in [0.25, 0.3) is 11.1 Å². The Bertz CT molecular complexity index is 1650. The van der Waals surface area contributed by atoms with Gasteiger partial charge in [0.05, 0.1) is 23.4 Å². The molecule has 4 aromatic rings. The van der Waals surface area contributed by atoms with Crippen LogP contribution in [-0.2, 0) is 21.0 Å². The quantitative estimate of drug-likeness (QED) is 0.232. The molecule has 1 amide bonds. The van der Waals surface area contributed by atoms with E-state index in [9.17, 15) is 30.8 Å². The number of alkyl halides is 3. The maximum Gasteiger partial charge on any atom is 0.416 e. The molecule has 2 aromatic heterocycles. The van der Waals surface area contributed by atoms with Crippen LogP contribution in [0.5, 0.6) is 5.75 Å². The zero-order chi connectivity index (χ0) is 29.2. The maximum atomic E-state index is 14.1. The van der Waals surface area contributed by atoms with Gasteiger partial charge < -0.3 is 9.26 Å². The Balaban J connectivity index is 1.77. The van der Waals surface area contributed by atoms with Crippen molar-refractivity contribution >= 4 is 44.9 Å². The highest BCUT2D eigenvalue weighted by Gasteiger charge is 2.32. The third-order valence-corrected chi connectivity index (χ3v) is 7.19. The first kappa shape index (κ1) is 28.8. The minimum atomic E-state index is -4.80. The van der Waals surface area contributed by atoms with Crippen LogP contribution in [-0.4, -0.2) is 31.6 Å². The number of amides is 1. The molecule has 0 unspecified atom stereocenters. The lowest BCUT2D eigenvalue weighted by Gasteiger charge is -2.25. The molecule has 1 N–H and O–H groups in total. The van der Waals surface area contributed by atoms with Crippen molar-refractivity contribution in [3.63, 3.8) is 0 Å². The summed E-state index contributed by atoms with van der Waals surface area (Å²) in [6.07, 6.45) is -2.62. The van der Waals surface area contributed by atoms with E-state index in [1.807, 2.05) is 0 Å². The number of sulfonamides is 1. The van der Waals surface area contributed by atoms with Crippen LogP contribution >= 0.6 is 11.6 Å². The van der Waals surface area contributed by atoms with Gasteiger partial charge in [-0.15, -0.1) is 0 Å². The van der Waals surface area contributed by atoms with Gasteiger partial charge in [0.1, 0.15) is 28.5 Å². The van der Waals surface area contributed by atoms with Gasteiger partial charge in [-0.25, -0.2) is 17.8 Å². The first-order chi connectivity index (χ1) is 18.8. The molecule has 9 nitrogen and oxygen atoms in total. The maximum absolute atomic E-state index is 14.1. The van der Waals surface area contributed by atoms with E-state index in [0.29, 0.717) is 6.07 Å². The number of pyridine rings is 1. The van der Waals surface area contributed by atoms with Crippen molar-refractivity contribution in [2.24, 2.45) is 0 Å². The second-order valence-electron chi connectivity index (χ2n) is 8.16. The summed E-state index contributed by atoms with van der Waals surface area (Å²) < 4.78 is 91.3. The van der Waals surface area contributed by atoms with Crippen LogP contribution in [0.2, 0.25) is 5.02 Å². The van der Waals surface area contributed by atoms with E-state index in [0.717, 1.165) is 23.2 Å². The number of carbonyl (C=O) groups is 1. The van der Waals surface area contributed by atoms with Crippen molar-refractivity contribution in [1.82, 2.24) is 10.1 Å². The first-order valence-corrected chi connectivity index (χ1v) is 13.2. The summed E-state index contributed by atoms with van der Waals surface area (Å²) >= 11 is 6.43. The average Bonchev–Trinajstić information content (AvgIpc) is 3.40. The number of methoxy groups -OCH3 is 1. The molecule has 0 aliphatic heterocycles. The topological polar surface area (TPSA) is 115 Å². The molecule has 0 spiro atoms. The number of aromatic nitrogens is 2. The minimum Gasteiger partial charge on any atom is -0.495 e. The van der Waals surface area contributed by atoms with E-state index in [4.69, 9.17) is 16.3 Å². The lowest BCUT2D eigenvalue weighted by molar-refractivity contribution is -0.137. The van der Waals surface area contributed by atoms with Crippen LogP contribution in [0.1, 0.15) is 18.9 Å². The van der Waals surface area contributed by atoms with Crippen LogP contribution < -0.4 is 14.4 Å². The number of anilines is 3. The predicted octanol–water partition coefficient (Wildman–Crippen LogP) is 6.43. The minimum absolute atomic E-state index is 0.000494. The van der Waals surface area contributed by atoms with Gasteiger partial charge in [0.25, 0.3) is 10.0 Å². The summed E-state index contributed by atoms with van der Waals surface area (Å²) in [6.45, 7) is 1.57. The SMILES string of the molecule is CCC(=O)N(c1ccc(S(=O)(=O)Nc2ccon2)cn1)c1cc(Cl)c(-c2cc(F)cc(C(F)(F)F)c2)cc1OC. The Hall–Kier alpha value is -4.17. The van der Waals surface area contributed by atoms with E-state index >= 15 is 0 Å². The zero-order valence-corrected chi connectivity index (χ0v) is 22.2. The van der Waals surface area contributed by atoms with Gasteiger partial charge in [0.15, 0.2) is 5.82 Å². The van der Waals surface area contributed by atoms with Gasteiger partial charge in [-0.1, -0.05) is 23.7 Å². The molecule has 0 aliphatic rings. The van der Waals surface area contributed by atoms with E-state index in [1.165, 1.54) is 43.7 Å². The smallest absolute Gasteiger partial charge is 0.416 e. The number of rotatable bonds is 8. The van der Waals surface area contributed by atoms with Crippen molar-refractivity contribution in [2.45, 2.75) is 24.4 Å². The molecule has 0 atom stereocenters. The first-order valence-electron chi connectivity index (χ1n) is 11.3. The normalized spacial score (nSPS) is 11.8. The van der Waals surface area contributed by atoms with E-state index in [2.05, 4.69) is 19.4 Å². The van der Waals surface area contributed by atoms with Gasteiger partial charge in [0.2, 0.25) is 5.91 Å². The Kier molecular flexibility index (Phi) is 8.03. The van der Waals surface area contributed by atoms with Gasteiger partial charge in [-0.2, -0.15) is 13.2 Å². The number of nitrogens with one attached hydrogen (secondary N) is 1. The molecule has 0 aliphatic carbocycles. The van der Waals surface area contributed by atoms with Gasteiger partial charge in [-0.05, 0) is 48.0 Å². The summed E-state index contributed by atoms with van der Waals surface area (Å²) in [5.74, 6) is -1.66. The number of ether oxygens (including phenoxy) is 1. The number of carbonyl (C=O) groups excluding carboxylic acids is 1. The summed E-state index contributed by atoms with van der Waals surface area (Å²) in [5.41, 5.74) is -1.28. The molecular weight excluding hydrogens is 580 g/mol. The molecule has 0 bridgehead atoms. The fourth-order valence-corrected chi connectivity index (χ4v) is 4.88. The predicted molar refractivity (Wildman–Crippen MR) is 137 cm³/mol. The Morgan fingerprint density at radius 2 is 1.90 bits per heavy atom. The average molecular weight is 599 g/mol. The number of hydrogen-bond acceptors (Lipinski definition) is 7. The number of hydrogen-bond donors (Lipinski definition) is 1. The Morgan fingerprint density at radius 3 is 2.48 bits per heavy atom. The van der Waals surface area contributed by atoms with Crippen molar-refractivity contribution in [3.05, 3.63) is 77.4 Å². The summed E-state index contributed by atoms with van der Waals surface area (Å²) in [4.78, 5) is 18.0. The lowest BCUT2D eigenvalue weighted by Crippen LogP contribution is -2.26. The Labute approximate surface area is 230 Å². The molecular formula is C25H19ClF4N4O5S. The largest absolute Gasteiger partial charge is 0.495 e. The summed E-state index contributed by atoms with van der Waals surface area (Å²) in [7, 11) is -2.82. The number of nitrogens with zero attached hydrogens (tertiary/aromatic N) is 3. The summed E-state index contributed by atoms with van der Waals surface area (Å²) in [5, 5.41) is 3.37. The standard InChI is InChI=1S/C25H19ClF4N4O5S/c1-3-24(35)34(23-5-4-17(13-31-23)40(36,37)33-22-6-7-39-32-22)20-12-19(26)18(11-21(20)38-2)14-8-15(25(28,29)30)10-16(27)9-14/h4-13H,3H2,1-2H3,(H,32,33). The fourth-order valence-electron chi connectivity index (χ4n) is 3.68. The molecule has 210 valence electrons. The van der Waals surface area contributed by atoms with Crippen LogP contribution in [0.3, 0.4) is 0 Å². The van der Waals surface area contributed by atoms with E-state index in [-0.39, 0.29) is 50.5 Å². The van der Waals surface area contributed by atoms with Gasteiger partial charge in [-0.3, -0.25) is 14.4 Å². The molecule has 2 heterocycles. The molecule has 0 radical (unpaired) electrons. The zero-order valence-electron chi connectivity index (χ0n) is 20.7. The monoisotopic (exact) mass is 598 g/mol. The Morgan fingerprint density at radius 1 is 1.15 bits per heavy atom. The molecule has 15 heteroatoms. The third kappa shape index (κ3) is 6.02. The van der Waals surface area contributed by atoms with Gasteiger partial charge in [0, 0.05) is 24.2 Å². The van der Waals surface area contributed by atoms with E-state index in [1.54, 1.807) is 6.92 Å². The van der Waals surface area contributed by atoms with Crippen molar-refractivity contribution in [3.8, 4) is 16.9 Å². The van der Waals surface area contributed by atoms with Crippen LogP contribution in [0.15, 0.2) is 70.4 Å². The number of benzene rings is 2. The molecule has 40 heavy (non-hydrogen) atoms. The molecule has 0 fully saturated rings. The second-order valence-corrected chi connectivity index (χ2v) is 10.2. The fraction of sp³-hybridized carbons (Fsp3) is 0.160. The molecule has 0 saturated carbocycles. The van der Waals surface area contributed by atoms with Gasteiger partial charge >= 0.3 is 6.18 Å². The van der Waals surface area contributed by atoms with Crippen LogP contribution in [0, 0.1) is 5.82 Å². The van der Waals surface area contributed by atoms with E-state index < -0.39 is 33.5 Å². The number of halogens is 5. The second kappa shape index (κ2) is 11.1. The van der Waals surface area contributed by atoms with Crippen molar-refractivity contribution in [2.75, 3.05) is 16.7 Å². The lowest BCUT2D eigenvalue weighted by atomic mass is 10.0. The highest BCUT2D eigenvalue weighted by molar-refractivity contribution is 7.92. The summed E-state index contributed by atoms with van der Waals surface area (Å²) in [6, 6.07) is 8.30. The third-order valence-electron chi connectivity index (χ3n) is 5.53. The van der Waals surface area contributed by atoms with Crippen molar-refractivity contribution < 1.29 is 40.0 Å². The van der Waals surface area contributed by atoms with Crippen molar-refractivity contribution in [1.29, 1.82) is 0 Å². The van der Waals surface area contributed by atoms with Crippen LogP contribution in [0.4, 0.5) is 34.9 Å². The molecule has 4 rings (SSSR count). The highest BCUT2D eigenvalue weighted by atomic mass is 35.5.